The molecule has 0 saturated carbocycles. The lowest BCUT2D eigenvalue weighted by molar-refractivity contribution is -0.136. The van der Waals surface area contributed by atoms with Crippen LogP contribution in [0.5, 0.6) is 5.75 Å². The van der Waals surface area contributed by atoms with Crippen molar-refractivity contribution in [2.75, 3.05) is 25.4 Å². The molecule has 3 N–H and O–H groups in total. The van der Waals surface area contributed by atoms with Crippen LogP contribution in [-0.4, -0.2) is 56.5 Å². The number of fused-ring (bicyclic) bond motifs is 2. The van der Waals surface area contributed by atoms with E-state index in [9.17, 15) is 14.7 Å². The van der Waals surface area contributed by atoms with Gasteiger partial charge in [-0.2, -0.15) is 5.10 Å². The first-order valence-corrected chi connectivity index (χ1v) is 13.9. The van der Waals surface area contributed by atoms with E-state index in [1.807, 2.05) is 28.9 Å². The number of anilines is 1. The first kappa shape index (κ1) is 27.1. The van der Waals surface area contributed by atoms with Crippen LogP contribution >= 0.6 is 0 Å². The minimum Gasteiger partial charge on any atom is -0.487 e. The zero-order valence-corrected chi connectivity index (χ0v) is 23.2. The molecule has 1 aliphatic heterocycles. The number of para-hydroxylation sites is 1. The van der Waals surface area contributed by atoms with Gasteiger partial charge in [-0.05, 0) is 54.1 Å². The maximum atomic E-state index is 12.4. The predicted octanol–water partition coefficient (Wildman–Crippen LogP) is 5.44. The Balaban J connectivity index is 1.41. The van der Waals surface area contributed by atoms with Crippen molar-refractivity contribution in [3.8, 4) is 16.9 Å². The summed E-state index contributed by atoms with van der Waals surface area (Å²) in [6.45, 7) is 3.35. The van der Waals surface area contributed by atoms with Crippen LogP contribution in [0.1, 0.15) is 30.6 Å². The van der Waals surface area contributed by atoms with Crippen LogP contribution in [0.4, 0.5) is 10.6 Å². The van der Waals surface area contributed by atoms with Gasteiger partial charge in [0, 0.05) is 35.6 Å². The fraction of sp³-hybridized carbons (Fsp3) is 0.250. The van der Waals surface area contributed by atoms with Crippen molar-refractivity contribution in [3.63, 3.8) is 0 Å². The highest BCUT2D eigenvalue weighted by Crippen LogP contribution is 2.35. The summed E-state index contributed by atoms with van der Waals surface area (Å²) >= 11 is 0. The molecule has 0 aliphatic carbocycles. The fourth-order valence-corrected chi connectivity index (χ4v) is 5.66. The standard InChI is InChI=1S/C32H31N5O5/c1-2-41-32(40)36-15-13-22(18-36)37-28-11-10-20(23-7-5-8-25-24(23)12-14-34-31(25)33)16-26(28)27(35-37)19-42-29-9-4-3-6-21(29)17-30(38)39/h3-12,14,16,22H,2,13,15,17-19H2,1H3,(H2,33,34)(H,38,39)/t22-/m1/s1. The van der Waals surface area contributed by atoms with E-state index in [1.165, 1.54) is 0 Å². The van der Waals surface area contributed by atoms with E-state index >= 15 is 0 Å². The lowest BCUT2D eigenvalue weighted by Crippen LogP contribution is -2.29. The first-order chi connectivity index (χ1) is 20.4. The maximum Gasteiger partial charge on any atom is 0.409 e. The third kappa shape index (κ3) is 5.18. The molecule has 42 heavy (non-hydrogen) atoms. The molecular formula is C32H31N5O5. The molecule has 1 atom stereocenters. The van der Waals surface area contributed by atoms with Gasteiger partial charge in [-0.25, -0.2) is 9.78 Å². The Bertz CT molecular complexity index is 1800. The predicted molar refractivity (Wildman–Crippen MR) is 159 cm³/mol. The number of nitrogens with two attached hydrogens (primary N) is 1. The van der Waals surface area contributed by atoms with Crippen LogP contribution in [0.2, 0.25) is 0 Å². The van der Waals surface area contributed by atoms with E-state index in [0.29, 0.717) is 42.5 Å². The quantitative estimate of drug-likeness (QED) is 0.254. The van der Waals surface area contributed by atoms with Crippen molar-refractivity contribution in [2.45, 2.75) is 32.4 Å². The van der Waals surface area contributed by atoms with Gasteiger partial charge in [0.1, 0.15) is 23.9 Å². The van der Waals surface area contributed by atoms with Crippen LogP contribution in [0, 0.1) is 0 Å². The molecule has 0 unspecified atom stereocenters. The number of carbonyl (C=O) groups is 2. The molecule has 1 aliphatic rings. The van der Waals surface area contributed by atoms with E-state index in [1.54, 1.807) is 36.2 Å². The number of hydrogen-bond donors (Lipinski definition) is 2. The number of nitrogens with zero attached hydrogens (tertiary/aromatic N) is 4. The maximum absolute atomic E-state index is 12.4. The molecule has 0 bridgehead atoms. The van der Waals surface area contributed by atoms with E-state index in [-0.39, 0.29) is 25.2 Å². The number of carboxylic acid groups (broad SMARTS) is 1. The highest BCUT2D eigenvalue weighted by atomic mass is 16.6. The number of pyridine rings is 1. The Kier molecular flexibility index (Phi) is 7.35. The smallest absolute Gasteiger partial charge is 0.409 e. The second-order valence-corrected chi connectivity index (χ2v) is 10.3. The highest BCUT2D eigenvalue weighted by molar-refractivity contribution is 6.02. The molecule has 1 amide bonds. The number of aromatic nitrogens is 3. The largest absolute Gasteiger partial charge is 0.487 e. The third-order valence-corrected chi connectivity index (χ3v) is 7.64. The van der Waals surface area contributed by atoms with Crippen LogP contribution in [0.25, 0.3) is 32.8 Å². The molecule has 6 rings (SSSR count). The molecule has 10 heteroatoms. The summed E-state index contributed by atoms with van der Waals surface area (Å²) in [7, 11) is 0. The van der Waals surface area contributed by atoms with Gasteiger partial charge in [0.05, 0.1) is 24.6 Å². The molecule has 1 saturated heterocycles. The topological polar surface area (TPSA) is 133 Å². The van der Waals surface area contributed by atoms with Crippen LogP contribution in [-0.2, 0) is 22.6 Å². The number of ether oxygens (including phenoxy) is 2. The van der Waals surface area contributed by atoms with Crippen LogP contribution in [0.15, 0.2) is 72.9 Å². The molecule has 3 aromatic carbocycles. The van der Waals surface area contributed by atoms with Crippen LogP contribution in [0.3, 0.4) is 0 Å². The molecule has 2 aromatic heterocycles. The average molecular weight is 566 g/mol. The molecule has 0 radical (unpaired) electrons. The van der Waals surface area contributed by atoms with Gasteiger partial charge in [-0.1, -0.05) is 42.5 Å². The van der Waals surface area contributed by atoms with E-state index < -0.39 is 5.97 Å². The van der Waals surface area contributed by atoms with Crippen molar-refractivity contribution < 1.29 is 24.2 Å². The number of likely N-dealkylation sites (tertiary alicyclic amines) is 1. The van der Waals surface area contributed by atoms with Gasteiger partial charge in [0.15, 0.2) is 0 Å². The number of nitrogen functional groups attached to an aromatic ring is 1. The number of rotatable bonds is 8. The summed E-state index contributed by atoms with van der Waals surface area (Å²) in [5.74, 6) is 0.0543. The summed E-state index contributed by atoms with van der Waals surface area (Å²) in [4.78, 5) is 29.7. The van der Waals surface area contributed by atoms with Gasteiger partial charge >= 0.3 is 12.1 Å². The summed E-state index contributed by atoms with van der Waals surface area (Å²) in [6, 6.07) is 21.3. The number of amides is 1. The Morgan fingerprint density at radius 1 is 1.05 bits per heavy atom. The molecule has 214 valence electrons. The monoisotopic (exact) mass is 565 g/mol. The minimum atomic E-state index is -0.927. The Morgan fingerprint density at radius 2 is 1.90 bits per heavy atom. The third-order valence-electron chi connectivity index (χ3n) is 7.64. The van der Waals surface area contributed by atoms with Crippen molar-refractivity contribution in [2.24, 2.45) is 0 Å². The van der Waals surface area contributed by atoms with E-state index in [2.05, 4.69) is 29.2 Å². The summed E-state index contributed by atoms with van der Waals surface area (Å²) in [5.41, 5.74) is 10.4. The first-order valence-electron chi connectivity index (χ1n) is 13.9. The summed E-state index contributed by atoms with van der Waals surface area (Å²) in [6.07, 6.45) is 2.00. The molecule has 5 aromatic rings. The lowest BCUT2D eigenvalue weighted by atomic mass is 9.97. The van der Waals surface area contributed by atoms with Gasteiger partial charge in [0.25, 0.3) is 0 Å². The number of aliphatic carboxylic acids is 1. The van der Waals surface area contributed by atoms with Crippen molar-refractivity contribution in [1.82, 2.24) is 19.7 Å². The van der Waals surface area contributed by atoms with Gasteiger partial charge in [-0.3, -0.25) is 9.48 Å². The Hall–Kier alpha value is -5.12. The second-order valence-electron chi connectivity index (χ2n) is 10.3. The number of carbonyl (C=O) groups excluding carboxylic acids is 1. The number of carboxylic acids is 1. The summed E-state index contributed by atoms with van der Waals surface area (Å²) < 4.78 is 13.4. The highest BCUT2D eigenvalue weighted by Gasteiger charge is 2.30. The van der Waals surface area contributed by atoms with E-state index in [0.717, 1.165) is 39.2 Å². The lowest BCUT2D eigenvalue weighted by Gasteiger charge is -2.16. The molecule has 0 spiro atoms. The van der Waals surface area contributed by atoms with Crippen molar-refractivity contribution >= 4 is 39.6 Å². The number of benzene rings is 3. The number of hydrogen-bond acceptors (Lipinski definition) is 7. The normalized spacial score (nSPS) is 14.9. The molecular weight excluding hydrogens is 534 g/mol. The molecule has 10 nitrogen and oxygen atoms in total. The Labute approximate surface area is 242 Å². The van der Waals surface area contributed by atoms with Crippen molar-refractivity contribution in [1.29, 1.82) is 0 Å². The SMILES string of the molecule is CCOC(=O)N1CC[C@@H](n2nc(COc3ccccc3CC(=O)O)c3cc(-c4cccc5c(N)nccc45)ccc32)C1. The van der Waals surface area contributed by atoms with Gasteiger partial charge in [-0.15, -0.1) is 0 Å². The molecule has 3 heterocycles. The molecule has 1 fully saturated rings. The summed E-state index contributed by atoms with van der Waals surface area (Å²) in [5, 5.41) is 17.1. The van der Waals surface area contributed by atoms with Gasteiger partial charge in [0.2, 0.25) is 0 Å². The average Bonchev–Trinajstić information content (AvgIpc) is 3.62. The van der Waals surface area contributed by atoms with Gasteiger partial charge < -0.3 is 25.2 Å². The fourth-order valence-electron chi connectivity index (χ4n) is 5.66. The Morgan fingerprint density at radius 3 is 2.74 bits per heavy atom. The van der Waals surface area contributed by atoms with Crippen molar-refractivity contribution in [3.05, 3.63) is 84.2 Å². The van der Waals surface area contributed by atoms with E-state index in [4.69, 9.17) is 20.3 Å². The zero-order valence-electron chi connectivity index (χ0n) is 23.2. The van der Waals surface area contributed by atoms with Crippen LogP contribution < -0.4 is 10.5 Å². The zero-order chi connectivity index (χ0) is 29.2. The minimum absolute atomic E-state index is 0.0285. The second kappa shape index (κ2) is 11.4.